The van der Waals surface area contributed by atoms with Gasteiger partial charge in [-0.25, -0.2) is 0 Å². The van der Waals surface area contributed by atoms with Gasteiger partial charge in [0.25, 0.3) is 0 Å². The summed E-state index contributed by atoms with van der Waals surface area (Å²) in [6.45, 7) is 2.83. The molecule has 0 saturated heterocycles. The summed E-state index contributed by atoms with van der Waals surface area (Å²) < 4.78 is 5.51. The average Bonchev–Trinajstić information content (AvgIpc) is 2.76. The normalized spacial score (nSPS) is 13.1. The second-order valence-electron chi connectivity index (χ2n) is 4.31. The quantitative estimate of drug-likeness (QED) is 0.865. The van der Waals surface area contributed by atoms with Crippen molar-refractivity contribution in [2.24, 2.45) is 0 Å². The lowest BCUT2D eigenvalue weighted by Crippen LogP contribution is -2.21. The molecule has 0 aliphatic carbocycles. The molecule has 3 nitrogen and oxygen atoms in total. The van der Waals surface area contributed by atoms with Crippen LogP contribution in [0.5, 0.6) is 5.75 Å². The first-order valence-electron chi connectivity index (χ1n) is 5.96. The smallest absolute Gasteiger partial charge is 0.216 e. The van der Waals surface area contributed by atoms with Crippen LogP contribution in [0, 0.1) is 0 Å². The van der Waals surface area contributed by atoms with Gasteiger partial charge >= 0.3 is 0 Å². The monoisotopic (exact) mass is 287 g/mol. The third-order valence-electron chi connectivity index (χ3n) is 2.97. The largest absolute Gasteiger partial charge is 0.491 e. The van der Waals surface area contributed by atoms with E-state index in [0.29, 0.717) is 23.2 Å². The van der Waals surface area contributed by atoms with Crippen molar-refractivity contribution < 1.29 is 9.53 Å². The van der Waals surface area contributed by atoms with Gasteiger partial charge in [-0.05, 0) is 24.5 Å². The van der Waals surface area contributed by atoms with Crippen molar-refractivity contribution in [2.75, 3.05) is 13.2 Å². The Hall–Kier alpha value is -0.930. The summed E-state index contributed by atoms with van der Waals surface area (Å²) in [5.41, 5.74) is 2.22. The van der Waals surface area contributed by atoms with Crippen LogP contribution >= 0.6 is 23.2 Å². The SMILES string of the molecule is CC(=O)NCCCc1c(Cl)cc(Cl)c2c1CCO2. The van der Waals surface area contributed by atoms with Crippen molar-refractivity contribution in [3.8, 4) is 5.75 Å². The molecule has 0 unspecified atom stereocenters. The van der Waals surface area contributed by atoms with E-state index in [-0.39, 0.29) is 5.91 Å². The van der Waals surface area contributed by atoms with Crippen LogP contribution in [-0.2, 0) is 17.6 Å². The van der Waals surface area contributed by atoms with Crippen molar-refractivity contribution >= 4 is 29.1 Å². The van der Waals surface area contributed by atoms with E-state index in [1.54, 1.807) is 6.07 Å². The molecule has 1 aromatic rings. The first-order valence-corrected chi connectivity index (χ1v) is 6.72. The van der Waals surface area contributed by atoms with E-state index in [2.05, 4.69) is 5.32 Å². The van der Waals surface area contributed by atoms with Crippen LogP contribution < -0.4 is 10.1 Å². The molecule has 1 aliphatic rings. The van der Waals surface area contributed by atoms with Gasteiger partial charge in [0.05, 0.1) is 11.6 Å². The number of halogens is 2. The van der Waals surface area contributed by atoms with E-state index in [1.807, 2.05) is 0 Å². The fourth-order valence-electron chi connectivity index (χ4n) is 2.16. The molecule has 0 bridgehead atoms. The van der Waals surface area contributed by atoms with Gasteiger partial charge in [-0.1, -0.05) is 23.2 Å². The van der Waals surface area contributed by atoms with Crippen LogP contribution in [-0.4, -0.2) is 19.1 Å². The Labute approximate surface area is 116 Å². The molecule has 1 amide bonds. The molecule has 5 heteroatoms. The van der Waals surface area contributed by atoms with Gasteiger partial charge in [-0.3, -0.25) is 4.79 Å². The third kappa shape index (κ3) is 2.90. The van der Waals surface area contributed by atoms with Crippen LogP contribution in [0.1, 0.15) is 24.5 Å². The zero-order valence-electron chi connectivity index (χ0n) is 10.2. The molecule has 1 N–H and O–H groups in total. The Morgan fingerprint density at radius 1 is 1.44 bits per heavy atom. The summed E-state index contributed by atoms with van der Waals surface area (Å²) in [7, 11) is 0. The van der Waals surface area contributed by atoms with E-state index in [9.17, 15) is 4.79 Å². The van der Waals surface area contributed by atoms with Crippen LogP contribution in [0.25, 0.3) is 0 Å². The Morgan fingerprint density at radius 2 is 2.22 bits per heavy atom. The third-order valence-corrected chi connectivity index (χ3v) is 3.59. The van der Waals surface area contributed by atoms with E-state index in [1.165, 1.54) is 6.92 Å². The van der Waals surface area contributed by atoms with Gasteiger partial charge < -0.3 is 10.1 Å². The highest BCUT2D eigenvalue weighted by molar-refractivity contribution is 6.36. The standard InChI is InChI=1S/C13H15Cl2NO2/c1-8(17)16-5-2-3-9-10-4-6-18-13(10)12(15)7-11(9)14/h7H,2-6H2,1H3,(H,16,17). The molecule has 0 spiro atoms. The maximum absolute atomic E-state index is 10.8. The van der Waals surface area contributed by atoms with Gasteiger partial charge in [-0.2, -0.15) is 0 Å². The maximum atomic E-state index is 10.8. The Kier molecular flexibility index (Phi) is 4.36. The molecule has 2 rings (SSSR count). The number of nitrogens with one attached hydrogen (secondary N) is 1. The lowest BCUT2D eigenvalue weighted by molar-refractivity contribution is -0.118. The number of hydrogen-bond acceptors (Lipinski definition) is 2. The van der Waals surface area contributed by atoms with Crippen molar-refractivity contribution in [2.45, 2.75) is 26.2 Å². The number of carbonyl (C=O) groups is 1. The molecule has 18 heavy (non-hydrogen) atoms. The summed E-state index contributed by atoms with van der Waals surface area (Å²) in [6, 6.07) is 1.74. The minimum Gasteiger partial charge on any atom is -0.491 e. The van der Waals surface area contributed by atoms with E-state index >= 15 is 0 Å². The molecule has 0 atom stereocenters. The van der Waals surface area contributed by atoms with Gasteiger partial charge in [0, 0.05) is 30.5 Å². The topological polar surface area (TPSA) is 38.3 Å². The maximum Gasteiger partial charge on any atom is 0.216 e. The molecule has 1 aromatic carbocycles. The molecule has 98 valence electrons. The number of amides is 1. The first-order chi connectivity index (χ1) is 8.59. The van der Waals surface area contributed by atoms with Crippen molar-refractivity contribution in [1.29, 1.82) is 0 Å². The molecule has 0 fully saturated rings. The predicted octanol–water partition coefficient (Wildman–Crippen LogP) is 3.00. The Morgan fingerprint density at radius 3 is 2.94 bits per heavy atom. The molecule has 0 saturated carbocycles. The summed E-state index contributed by atoms with van der Waals surface area (Å²) in [4.78, 5) is 10.8. The molecule has 1 aliphatic heterocycles. The number of fused-ring (bicyclic) bond motifs is 1. The van der Waals surface area contributed by atoms with Gasteiger partial charge in [0.1, 0.15) is 5.75 Å². The average molecular weight is 288 g/mol. The zero-order chi connectivity index (χ0) is 13.1. The van der Waals surface area contributed by atoms with Crippen LogP contribution in [0.3, 0.4) is 0 Å². The summed E-state index contributed by atoms with van der Waals surface area (Å²) in [6.07, 6.45) is 2.53. The summed E-state index contributed by atoms with van der Waals surface area (Å²) in [5.74, 6) is 0.765. The van der Waals surface area contributed by atoms with Crippen molar-refractivity contribution in [1.82, 2.24) is 5.32 Å². The van der Waals surface area contributed by atoms with Gasteiger partial charge in [0.2, 0.25) is 5.91 Å². The second kappa shape index (κ2) is 5.81. The molecular weight excluding hydrogens is 273 g/mol. The van der Waals surface area contributed by atoms with Gasteiger partial charge in [-0.15, -0.1) is 0 Å². The van der Waals surface area contributed by atoms with Crippen LogP contribution in [0.2, 0.25) is 10.0 Å². The van der Waals surface area contributed by atoms with E-state index in [4.69, 9.17) is 27.9 Å². The predicted molar refractivity (Wildman–Crippen MR) is 72.7 cm³/mol. The van der Waals surface area contributed by atoms with Crippen molar-refractivity contribution in [3.63, 3.8) is 0 Å². The number of hydrogen-bond donors (Lipinski definition) is 1. The van der Waals surface area contributed by atoms with E-state index in [0.717, 1.165) is 36.1 Å². The first kappa shape index (κ1) is 13.5. The fraction of sp³-hybridized carbons (Fsp3) is 0.462. The summed E-state index contributed by atoms with van der Waals surface area (Å²) in [5, 5.41) is 4.04. The highest BCUT2D eigenvalue weighted by atomic mass is 35.5. The zero-order valence-corrected chi connectivity index (χ0v) is 11.7. The number of ether oxygens (including phenoxy) is 1. The minimum atomic E-state index is -0.00855. The van der Waals surface area contributed by atoms with Crippen molar-refractivity contribution in [3.05, 3.63) is 27.2 Å². The number of rotatable bonds is 4. The Balaban J connectivity index is 2.08. The number of benzene rings is 1. The Bertz CT molecular complexity index is 475. The molecule has 0 aromatic heterocycles. The fourth-order valence-corrected chi connectivity index (χ4v) is 2.82. The number of carbonyl (C=O) groups excluding carboxylic acids is 1. The molecule has 1 heterocycles. The minimum absolute atomic E-state index is 0.00855. The molecule has 0 radical (unpaired) electrons. The lowest BCUT2D eigenvalue weighted by Gasteiger charge is -2.11. The molecular formula is C13H15Cl2NO2. The van der Waals surface area contributed by atoms with E-state index < -0.39 is 0 Å². The summed E-state index contributed by atoms with van der Waals surface area (Å²) >= 11 is 12.3. The highest BCUT2D eigenvalue weighted by Crippen LogP contribution is 2.40. The van der Waals surface area contributed by atoms with Gasteiger partial charge in [0.15, 0.2) is 0 Å². The van der Waals surface area contributed by atoms with Crippen LogP contribution in [0.15, 0.2) is 6.07 Å². The van der Waals surface area contributed by atoms with Crippen LogP contribution in [0.4, 0.5) is 0 Å². The second-order valence-corrected chi connectivity index (χ2v) is 5.13. The highest BCUT2D eigenvalue weighted by Gasteiger charge is 2.21. The lowest BCUT2D eigenvalue weighted by atomic mass is 10.0.